The molecule has 0 bridgehead atoms. The Bertz CT molecular complexity index is 862. The smallest absolute Gasteiger partial charge is 0.243 e. The molecule has 3 aliphatic heterocycles. The van der Waals surface area contributed by atoms with Gasteiger partial charge in [0, 0.05) is 52.4 Å². The fraction of sp³-hybridized carbons (Fsp3) is 0.696. The number of piperidine rings is 1. The van der Waals surface area contributed by atoms with Crippen molar-refractivity contribution in [3.05, 3.63) is 24.3 Å². The summed E-state index contributed by atoms with van der Waals surface area (Å²) in [6.07, 6.45) is 4.09. The molecule has 1 aromatic rings. The molecule has 0 radical (unpaired) electrons. The summed E-state index contributed by atoms with van der Waals surface area (Å²) in [5.41, 5.74) is 0. The van der Waals surface area contributed by atoms with Crippen LogP contribution >= 0.6 is 0 Å². The summed E-state index contributed by atoms with van der Waals surface area (Å²) >= 11 is 0. The van der Waals surface area contributed by atoms with Crippen LogP contribution in [0.25, 0.3) is 0 Å². The van der Waals surface area contributed by atoms with Crippen LogP contribution in [0.2, 0.25) is 0 Å². The lowest BCUT2D eigenvalue weighted by Crippen LogP contribution is -2.53. The van der Waals surface area contributed by atoms with E-state index in [4.69, 9.17) is 4.74 Å². The normalized spacial score (nSPS) is 24.0. The maximum absolute atomic E-state index is 13.2. The van der Waals surface area contributed by atoms with Crippen LogP contribution in [-0.2, 0) is 14.8 Å². The third kappa shape index (κ3) is 5.44. The molecule has 0 aliphatic carbocycles. The number of carbonyl (C=O) groups excluding carboxylic acids is 1. The number of methoxy groups -OCH3 is 1. The highest BCUT2D eigenvalue weighted by molar-refractivity contribution is 7.89. The van der Waals surface area contributed by atoms with Gasteiger partial charge in [0.25, 0.3) is 0 Å². The zero-order valence-electron chi connectivity index (χ0n) is 19.1. The topological polar surface area (TPSA) is 73.4 Å². The number of benzene rings is 1. The molecule has 3 fully saturated rings. The lowest BCUT2D eigenvalue weighted by atomic mass is 9.98. The van der Waals surface area contributed by atoms with Crippen molar-refractivity contribution in [3.63, 3.8) is 0 Å². The molecule has 0 saturated carbocycles. The van der Waals surface area contributed by atoms with E-state index in [9.17, 15) is 13.2 Å². The van der Waals surface area contributed by atoms with Crippen LogP contribution in [0.4, 0.5) is 0 Å². The quantitative estimate of drug-likeness (QED) is 0.606. The highest BCUT2D eigenvalue weighted by Crippen LogP contribution is 2.26. The van der Waals surface area contributed by atoms with E-state index < -0.39 is 10.0 Å². The number of sulfonamides is 1. The van der Waals surface area contributed by atoms with E-state index in [-0.39, 0.29) is 23.3 Å². The average Bonchev–Trinajstić information content (AvgIpc) is 3.36. The minimum Gasteiger partial charge on any atom is -0.497 e. The highest BCUT2D eigenvalue weighted by atomic mass is 32.2. The van der Waals surface area contributed by atoms with Crippen LogP contribution in [0, 0.1) is 5.92 Å². The molecule has 178 valence electrons. The Balaban J connectivity index is 1.29. The molecule has 32 heavy (non-hydrogen) atoms. The monoisotopic (exact) mass is 464 g/mol. The van der Waals surface area contributed by atoms with Crippen LogP contribution in [0.5, 0.6) is 5.75 Å². The molecule has 4 rings (SSSR count). The third-order valence-corrected chi connectivity index (χ3v) is 8.93. The molecule has 0 aromatic heterocycles. The molecule has 3 aliphatic rings. The van der Waals surface area contributed by atoms with E-state index in [2.05, 4.69) is 9.80 Å². The SMILES string of the molecule is COc1ccc(S(=O)(=O)N2CCC[C@H](C(=O)N3CCN(CCN4CCCC4)CC3)C2)cc1. The Morgan fingerprint density at radius 1 is 0.906 bits per heavy atom. The van der Waals surface area contributed by atoms with Gasteiger partial charge >= 0.3 is 0 Å². The summed E-state index contributed by atoms with van der Waals surface area (Å²) in [6.45, 7) is 8.63. The second kappa shape index (κ2) is 10.5. The minimum absolute atomic E-state index is 0.110. The summed E-state index contributed by atoms with van der Waals surface area (Å²) in [7, 11) is -2.06. The molecular weight excluding hydrogens is 428 g/mol. The number of likely N-dealkylation sites (tertiary alicyclic amines) is 1. The molecule has 0 N–H and O–H groups in total. The molecule has 1 atom stereocenters. The number of ether oxygens (including phenoxy) is 1. The van der Waals surface area contributed by atoms with E-state index in [1.807, 2.05) is 4.90 Å². The van der Waals surface area contributed by atoms with Gasteiger partial charge in [0.05, 0.1) is 17.9 Å². The van der Waals surface area contributed by atoms with Gasteiger partial charge in [0.1, 0.15) is 5.75 Å². The standard InChI is InChI=1S/C23H36N4O4S/c1-31-21-6-8-22(9-7-21)32(29,30)27-12-4-5-20(19-27)23(28)26-17-15-25(16-18-26)14-13-24-10-2-3-11-24/h6-9,20H,2-5,10-19H2,1H3/t20-/m0/s1. The van der Waals surface area contributed by atoms with Gasteiger partial charge in [-0.3, -0.25) is 9.69 Å². The maximum atomic E-state index is 13.2. The number of nitrogens with zero attached hydrogens (tertiary/aromatic N) is 4. The summed E-state index contributed by atoms with van der Waals surface area (Å²) in [4.78, 5) is 20.3. The average molecular weight is 465 g/mol. The molecule has 0 spiro atoms. The Labute approximate surface area is 192 Å². The predicted molar refractivity (Wildman–Crippen MR) is 123 cm³/mol. The zero-order chi connectivity index (χ0) is 22.6. The third-order valence-electron chi connectivity index (χ3n) is 7.05. The lowest BCUT2D eigenvalue weighted by Gasteiger charge is -2.39. The van der Waals surface area contributed by atoms with Crippen LogP contribution in [-0.4, -0.2) is 106 Å². The summed E-state index contributed by atoms with van der Waals surface area (Å²) in [5.74, 6) is 0.474. The molecule has 0 unspecified atom stereocenters. The molecule has 8 nitrogen and oxygen atoms in total. The predicted octanol–water partition coefficient (Wildman–Crippen LogP) is 1.34. The molecule has 3 heterocycles. The molecule has 1 aromatic carbocycles. The van der Waals surface area contributed by atoms with Crippen LogP contribution in [0.1, 0.15) is 25.7 Å². The van der Waals surface area contributed by atoms with Crippen LogP contribution in [0.15, 0.2) is 29.2 Å². The zero-order valence-corrected chi connectivity index (χ0v) is 19.9. The van der Waals surface area contributed by atoms with Crippen LogP contribution < -0.4 is 4.74 Å². The van der Waals surface area contributed by atoms with Crippen molar-refractivity contribution in [2.75, 3.05) is 72.6 Å². The van der Waals surface area contributed by atoms with E-state index >= 15 is 0 Å². The second-order valence-electron chi connectivity index (χ2n) is 9.09. The van der Waals surface area contributed by atoms with Gasteiger partial charge in [-0.15, -0.1) is 0 Å². The van der Waals surface area contributed by atoms with E-state index in [0.29, 0.717) is 18.7 Å². The Morgan fingerprint density at radius 2 is 1.53 bits per heavy atom. The maximum Gasteiger partial charge on any atom is 0.243 e. The summed E-state index contributed by atoms with van der Waals surface area (Å²) in [6, 6.07) is 6.45. The highest BCUT2D eigenvalue weighted by Gasteiger charge is 2.35. The molecular formula is C23H36N4O4S. The first-order valence-corrected chi connectivity index (χ1v) is 13.3. The van der Waals surface area contributed by atoms with Gasteiger partial charge in [0.15, 0.2) is 0 Å². The Hall–Kier alpha value is -1.68. The number of piperazine rings is 1. The Morgan fingerprint density at radius 3 is 2.16 bits per heavy atom. The van der Waals surface area contributed by atoms with E-state index in [1.54, 1.807) is 31.4 Å². The van der Waals surface area contributed by atoms with Gasteiger partial charge in [0.2, 0.25) is 15.9 Å². The van der Waals surface area contributed by atoms with Crippen molar-refractivity contribution in [3.8, 4) is 5.75 Å². The van der Waals surface area contributed by atoms with Gasteiger partial charge in [-0.1, -0.05) is 0 Å². The van der Waals surface area contributed by atoms with Crippen molar-refractivity contribution >= 4 is 15.9 Å². The van der Waals surface area contributed by atoms with Gasteiger partial charge in [-0.2, -0.15) is 4.31 Å². The van der Waals surface area contributed by atoms with Crippen molar-refractivity contribution in [2.45, 2.75) is 30.6 Å². The number of hydrogen-bond acceptors (Lipinski definition) is 6. The first-order valence-electron chi connectivity index (χ1n) is 11.8. The molecule has 3 saturated heterocycles. The number of carbonyl (C=O) groups is 1. The van der Waals surface area contributed by atoms with Crippen LogP contribution in [0.3, 0.4) is 0 Å². The van der Waals surface area contributed by atoms with Crippen molar-refractivity contribution in [1.82, 2.24) is 19.0 Å². The lowest BCUT2D eigenvalue weighted by molar-refractivity contribution is -0.138. The van der Waals surface area contributed by atoms with E-state index in [0.717, 1.165) is 45.7 Å². The van der Waals surface area contributed by atoms with Gasteiger partial charge in [-0.25, -0.2) is 8.42 Å². The number of amides is 1. The largest absolute Gasteiger partial charge is 0.497 e. The minimum atomic E-state index is -3.61. The second-order valence-corrected chi connectivity index (χ2v) is 11.0. The number of rotatable bonds is 7. The molecule has 1 amide bonds. The van der Waals surface area contributed by atoms with Crippen molar-refractivity contribution < 1.29 is 17.9 Å². The summed E-state index contributed by atoms with van der Waals surface area (Å²) < 4.78 is 32.8. The van der Waals surface area contributed by atoms with E-state index in [1.165, 1.54) is 30.2 Å². The Kier molecular flexibility index (Phi) is 7.70. The fourth-order valence-corrected chi connectivity index (χ4v) is 6.52. The fourth-order valence-electron chi connectivity index (χ4n) is 5.00. The first kappa shape index (κ1) is 23.5. The van der Waals surface area contributed by atoms with Gasteiger partial charge < -0.3 is 14.5 Å². The number of hydrogen-bond donors (Lipinski definition) is 0. The first-order chi connectivity index (χ1) is 15.5. The summed E-state index contributed by atoms with van der Waals surface area (Å²) in [5, 5.41) is 0. The van der Waals surface area contributed by atoms with Gasteiger partial charge in [-0.05, 0) is 63.0 Å². The van der Waals surface area contributed by atoms with Crippen molar-refractivity contribution in [1.29, 1.82) is 0 Å². The van der Waals surface area contributed by atoms with Crippen molar-refractivity contribution in [2.24, 2.45) is 5.92 Å². The molecule has 9 heteroatoms.